The Balaban J connectivity index is 1.71. The second-order valence-electron chi connectivity index (χ2n) is 10.7. The molecule has 2 heterocycles. The SMILES string of the molecule is C=CCC1(CC=C)C[C@H]2[C@H](c3ccccc3C)N(C(=O)N(C)[C@H](C)c3cccc(C(F)(F)F)c3)CCN2C1=O. The van der Waals surface area contributed by atoms with E-state index in [2.05, 4.69) is 13.2 Å². The Morgan fingerprint density at radius 1 is 1.13 bits per heavy atom. The van der Waals surface area contributed by atoms with Gasteiger partial charge in [-0.05, 0) is 61.9 Å². The summed E-state index contributed by atoms with van der Waals surface area (Å²) in [4.78, 5) is 33.0. The number of benzene rings is 2. The maximum absolute atomic E-state index is 14.1. The zero-order chi connectivity index (χ0) is 28.5. The molecule has 0 N–H and O–H groups in total. The van der Waals surface area contributed by atoms with Crippen molar-refractivity contribution < 1.29 is 22.8 Å². The molecule has 0 radical (unpaired) electrons. The first-order chi connectivity index (χ1) is 18.4. The van der Waals surface area contributed by atoms with Crippen molar-refractivity contribution in [3.63, 3.8) is 0 Å². The van der Waals surface area contributed by atoms with Crippen LogP contribution in [-0.4, -0.2) is 52.8 Å². The maximum atomic E-state index is 14.1. The number of nitrogens with zero attached hydrogens (tertiary/aromatic N) is 3. The third-order valence-corrected chi connectivity index (χ3v) is 8.40. The van der Waals surface area contributed by atoms with Gasteiger partial charge in [-0.15, -0.1) is 13.2 Å². The minimum Gasteiger partial charge on any atom is -0.335 e. The summed E-state index contributed by atoms with van der Waals surface area (Å²) in [6, 6.07) is 11.4. The number of hydrogen-bond acceptors (Lipinski definition) is 2. The molecule has 0 unspecified atom stereocenters. The van der Waals surface area contributed by atoms with E-state index in [1.54, 1.807) is 37.1 Å². The normalized spacial score (nSPS) is 21.3. The van der Waals surface area contributed by atoms with Gasteiger partial charge in [0.2, 0.25) is 5.91 Å². The van der Waals surface area contributed by atoms with Crippen LogP contribution in [0.4, 0.5) is 18.0 Å². The average Bonchev–Trinajstić information content (AvgIpc) is 3.18. The number of fused-ring (bicyclic) bond motifs is 1. The molecule has 4 rings (SSSR count). The number of halogens is 3. The number of amides is 3. The number of aryl methyl sites for hydroxylation is 1. The number of urea groups is 1. The van der Waals surface area contributed by atoms with Crippen LogP contribution in [0, 0.1) is 12.3 Å². The molecule has 0 aromatic heterocycles. The predicted molar refractivity (Wildman–Crippen MR) is 146 cm³/mol. The van der Waals surface area contributed by atoms with Crippen LogP contribution in [0.25, 0.3) is 0 Å². The average molecular weight is 540 g/mol. The molecule has 3 amide bonds. The van der Waals surface area contributed by atoms with E-state index >= 15 is 0 Å². The number of carbonyl (C=O) groups excluding carboxylic acids is 2. The Bertz CT molecular complexity index is 1250. The highest BCUT2D eigenvalue weighted by Gasteiger charge is 2.56. The van der Waals surface area contributed by atoms with Crippen molar-refractivity contribution in [1.29, 1.82) is 0 Å². The number of piperazine rings is 1. The Labute approximate surface area is 228 Å². The topological polar surface area (TPSA) is 43.9 Å². The zero-order valence-electron chi connectivity index (χ0n) is 22.7. The van der Waals surface area contributed by atoms with E-state index in [4.69, 9.17) is 0 Å². The van der Waals surface area contributed by atoms with E-state index in [9.17, 15) is 22.8 Å². The van der Waals surface area contributed by atoms with Gasteiger partial charge >= 0.3 is 12.2 Å². The number of rotatable bonds is 7. The van der Waals surface area contributed by atoms with Gasteiger partial charge in [0.25, 0.3) is 0 Å². The summed E-state index contributed by atoms with van der Waals surface area (Å²) in [5.74, 6) is 0.0590. The van der Waals surface area contributed by atoms with Crippen LogP contribution in [0.15, 0.2) is 73.8 Å². The summed E-state index contributed by atoms with van der Waals surface area (Å²) >= 11 is 0. The highest BCUT2D eigenvalue weighted by Crippen LogP contribution is 2.49. The fourth-order valence-corrected chi connectivity index (χ4v) is 6.22. The van der Waals surface area contributed by atoms with Crippen LogP contribution < -0.4 is 0 Å². The largest absolute Gasteiger partial charge is 0.416 e. The number of hydrogen-bond donors (Lipinski definition) is 0. The highest BCUT2D eigenvalue weighted by molar-refractivity contribution is 5.87. The van der Waals surface area contributed by atoms with E-state index in [-0.39, 0.29) is 18.0 Å². The van der Waals surface area contributed by atoms with E-state index in [0.717, 1.165) is 23.3 Å². The molecule has 5 nitrogen and oxygen atoms in total. The molecule has 0 bridgehead atoms. The molecule has 39 heavy (non-hydrogen) atoms. The lowest BCUT2D eigenvalue weighted by atomic mass is 9.76. The Hall–Kier alpha value is -3.55. The molecule has 8 heteroatoms. The number of carbonyl (C=O) groups is 2. The molecule has 2 aromatic rings. The minimum atomic E-state index is -4.47. The second kappa shape index (κ2) is 10.9. The molecule has 2 saturated heterocycles. The first-order valence-corrected chi connectivity index (χ1v) is 13.2. The summed E-state index contributed by atoms with van der Waals surface area (Å²) in [5.41, 5.74) is 0.975. The lowest BCUT2D eigenvalue weighted by Crippen LogP contribution is -2.57. The van der Waals surface area contributed by atoms with Gasteiger partial charge in [-0.1, -0.05) is 48.6 Å². The Morgan fingerprint density at radius 3 is 2.41 bits per heavy atom. The van der Waals surface area contributed by atoms with E-state index in [1.807, 2.05) is 36.1 Å². The van der Waals surface area contributed by atoms with Gasteiger partial charge in [0.1, 0.15) is 0 Å². The van der Waals surface area contributed by atoms with Gasteiger partial charge in [-0.25, -0.2) is 4.79 Å². The first-order valence-electron chi connectivity index (χ1n) is 13.2. The molecule has 0 spiro atoms. The molecule has 2 aliphatic heterocycles. The molecule has 3 atom stereocenters. The van der Waals surface area contributed by atoms with Gasteiger partial charge in [0.15, 0.2) is 0 Å². The highest BCUT2D eigenvalue weighted by atomic mass is 19.4. The van der Waals surface area contributed by atoms with Gasteiger partial charge in [-0.3, -0.25) is 4.79 Å². The van der Waals surface area contributed by atoms with Crippen molar-refractivity contribution in [2.24, 2.45) is 5.41 Å². The van der Waals surface area contributed by atoms with Crippen molar-refractivity contribution in [3.05, 3.63) is 96.1 Å². The van der Waals surface area contributed by atoms with Crippen molar-refractivity contribution in [1.82, 2.24) is 14.7 Å². The summed E-state index contributed by atoms with van der Waals surface area (Å²) in [6.07, 6.45) is 0.673. The third-order valence-electron chi connectivity index (χ3n) is 8.40. The number of alkyl halides is 3. The maximum Gasteiger partial charge on any atom is 0.416 e. The molecule has 0 aliphatic carbocycles. The Kier molecular flexibility index (Phi) is 7.96. The first kappa shape index (κ1) is 28.5. The molecule has 2 fully saturated rings. The standard InChI is InChI=1S/C31H36F3N3O2/c1-6-15-30(16-7-2)20-26-27(25-14-9-8-11-21(25)3)37(18-17-36(26)28(30)38)29(39)35(5)22(4)23-12-10-13-24(19-23)31(32,33)34/h6-14,19,22,26-27H,1-2,15-18,20H2,3-5H3/t22-,26+,27+/m1/s1. The third kappa shape index (κ3) is 5.21. The zero-order valence-corrected chi connectivity index (χ0v) is 22.7. The molecule has 2 aromatic carbocycles. The van der Waals surface area contributed by atoms with Gasteiger partial charge in [0, 0.05) is 20.1 Å². The van der Waals surface area contributed by atoms with Gasteiger partial charge < -0.3 is 14.7 Å². The molecular formula is C31H36F3N3O2. The van der Waals surface area contributed by atoms with Crippen molar-refractivity contribution >= 4 is 11.9 Å². The summed E-state index contributed by atoms with van der Waals surface area (Å²) in [6.45, 7) is 12.2. The van der Waals surface area contributed by atoms with E-state index in [1.165, 1.54) is 11.0 Å². The van der Waals surface area contributed by atoms with Crippen LogP contribution in [0.5, 0.6) is 0 Å². The quantitative estimate of drug-likeness (QED) is 0.359. The van der Waals surface area contributed by atoms with E-state index in [0.29, 0.717) is 37.9 Å². The smallest absolute Gasteiger partial charge is 0.335 e. The van der Waals surface area contributed by atoms with Crippen molar-refractivity contribution in [2.75, 3.05) is 20.1 Å². The fourth-order valence-electron chi connectivity index (χ4n) is 6.22. The van der Waals surface area contributed by atoms with Crippen LogP contribution in [0.1, 0.15) is 60.5 Å². The molecular weight excluding hydrogens is 503 g/mol. The van der Waals surface area contributed by atoms with Gasteiger partial charge in [-0.2, -0.15) is 13.2 Å². The Morgan fingerprint density at radius 2 is 1.79 bits per heavy atom. The van der Waals surface area contributed by atoms with Crippen molar-refractivity contribution in [2.45, 2.75) is 57.4 Å². The van der Waals surface area contributed by atoms with Crippen LogP contribution in [0.3, 0.4) is 0 Å². The van der Waals surface area contributed by atoms with E-state index < -0.39 is 29.2 Å². The van der Waals surface area contributed by atoms with Gasteiger partial charge in [0.05, 0.1) is 29.1 Å². The molecule has 208 valence electrons. The summed E-state index contributed by atoms with van der Waals surface area (Å²) in [7, 11) is 1.62. The summed E-state index contributed by atoms with van der Waals surface area (Å²) < 4.78 is 40.1. The van der Waals surface area contributed by atoms with Crippen molar-refractivity contribution in [3.8, 4) is 0 Å². The fraction of sp³-hybridized carbons (Fsp3) is 0.419. The number of allylic oxidation sites excluding steroid dienone is 2. The second-order valence-corrected chi connectivity index (χ2v) is 10.7. The van der Waals surface area contributed by atoms with Crippen LogP contribution in [0.2, 0.25) is 0 Å². The predicted octanol–water partition coefficient (Wildman–Crippen LogP) is 6.92. The van der Waals surface area contributed by atoms with Crippen LogP contribution in [-0.2, 0) is 11.0 Å². The lowest BCUT2D eigenvalue weighted by molar-refractivity contribution is -0.139. The monoisotopic (exact) mass is 539 g/mol. The molecule has 2 aliphatic rings. The molecule has 0 saturated carbocycles. The minimum absolute atomic E-state index is 0.0590. The lowest BCUT2D eigenvalue weighted by Gasteiger charge is -2.47. The summed E-state index contributed by atoms with van der Waals surface area (Å²) in [5, 5.41) is 0. The van der Waals surface area contributed by atoms with Crippen LogP contribution >= 0.6 is 0 Å².